The summed E-state index contributed by atoms with van der Waals surface area (Å²) >= 11 is 0. The van der Waals surface area contributed by atoms with E-state index in [4.69, 9.17) is 9.47 Å². The standard InChI is InChI=1S/C32H47N3O5/c1-9-10-11-12-13-21-35(30(37)24(4)33-31(38)40-32(5,6)7)28(27-22(2)15-14-16-23(27)3)29(36)34-25-17-19-26(39-8)20-18-25/h14-20,24,28H,9-13,21H2,1-8H3,(H,33,38)(H,34,36). The van der Waals surface area contributed by atoms with Gasteiger partial charge in [0.15, 0.2) is 0 Å². The van der Waals surface area contributed by atoms with Crippen LogP contribution < -0.4 is 15.4 Å². The first kappa shape index (κ1) is 32.7. The number of anilines is 1. The number of rotatable bonds is 13. The van der Waals surface area contributed by atoms with E-state index >= 15 is 0 Å². The number of alkyl carbamates (subject to hydrolysis) is 1. The van der Waals surface area contributed by atoms with Crippen molar-refractivity contribution in [3.8, 4) is 5.75 Å². The molecule has 0 saturated carbocycles. The van der Waals surface area contributed by atoms with Crippen LogP contribution in [0.3, 0.4) is 0 Å². The molecule has 0 bridgehead atoms. The Kier molecular flexibility index (Phi) is 12.5. The number of hydrogen-bond donors (Lipinski definition) is 2. The van der Waals surface area contributed by atoms with Gasteiger partial charge in [0.25, 0.3) is 5.91 Å². The maximum absolute atomic E-state index is 14.0. The topological polar surface area (TPSA) is 97.0 Å². The Labute approximate surface area is 239 Å². The quantitative estimate of drug-likeness (QED) is 0.269. The average Bonchev–Trinajstić information content (AvgIpc) is 2.88. The number of ether oxygens (including phenoxy) is 2. The zero-order chi connectivity index (χ0) is 29.9. The SMILES string of the molecule is CCCCCCCN(C(=O)C(C)NC(=O)OC(C)(C)C)C(C(=O)Nc1ccc(OC)cc1)c1c(C)cccc1C. The largest absolute Gasteiger partial charge is 0.497 e. The highest BCUT2D eigenvalue weighted by molar-refractivity contribution is 5.99. The highest BCUT2D eigenvalue weighted by Crippen LogP contribution is 2.30. The molecule has 220 valence electrons. The Morgan fingerprint density at radius 1 is 0.925 bits per heavy atom. The highest BCUT2D eigenvalue weighted by atomic mass is 16.6. The van der Waals surface area contributed by atoms with Crippen LogP contribution in [0, 0.1) is 13.8 Å². The Hall–Kier alpha value is -3.55. The van der Waals surface area contributed by atoms with Gasteiger partial charge in [-0.25, -0.2) is 4.79 Å². The van der Waals surface area contributed by atoms with E-state index in [0.29, 0.717) is 18.0 Å². The number of carbonyl (C=O) groups excluding carboxylic acids is 3. The third-order valence-electron chi connectivity index (χ3n) is 6.62. The predicted octanol–water partition coefficient (Wildman–Crippen LogP) is 6.70. The molecule has 0 heterocycles. The second-order valence-corrected chi connectivity index (χ2v) is 11.2. The second kappa shape index (κ2) is 15.3. The summed E-state index contributed by atoms with van der Waals surface area (Å²) in [5, 5.41) is 5.67. The van der Waals surface area contributed by atoms with Gasteiger partial charge in [0.1, 0.15) is 23.4 Å². The molecular formula is C32H47N3O5. The minimum atomic E-state index is -0.898. The Balaban J connectivity index is 2.48. The maximum atomic E-state index is 14.0. The molecule has 8 nitrogen and oxygen atoms in total. The van der Waals surface area contributed by atoms with E-state index in [2.05, 4.69) is 17.6 Å². The Morgan fingerprint density at radius 3 is 2.08 bits per heavy atom. The Bertz CT molecular complexity index is 1100. The van der Waals surface area contributed by atoms with E-state index in [1.54, 1.807) is 64.0 Å². The summed E-state index contributed by atoms with van der Waals surface area (Å²) in [7, 11) is 1.58. The third-order valence-corrected chi connectivity index (χ3v) is 6.62. The van der Waals surface area contributed by atoms with Gasteiger partial charge in [-0.15, -0.1) is 0 Å². The van der Waals surface area contributed by atoms with Crippen molar-refractivity contribution >= 4 is 23.6 Å². The molecule has 0 aliphatic heterocycles. The number of aryl methyl sites for hydroxylation is 2. The molecule has 2 atom stereocenters. The van der Waals surface area contributed by atoms with Crippen LogP contribution in [0.25, 0.3) is 0 Å². The highest BCUT2D eigenvalue weighted by Gasteiger charge is 2.36. The van der Waals surface area contributed by atoms with Gasteiger partial charge in [0.2, 0.25) is 5.91 Å². The van der Waals surface area contributed by atoms with Gasteiger partial charge in [-0.1, -0.05) is 50.8 Å². The zero-order valence-corrected chi connectivity index (χ0v) is 25.4. The summed E-state index contributed by atoms with van der Waals surface area (Å²) in [6, 6.07) is 11.1. The molecule has 0 spiro atoms. The number of methoxy groups -OCH3 is 1. The molecule has 0 aromatic heterocycles. The summed E-state index contributed by atoms with van der Waals surface area (Å²) in [4.78, 5) is 42.2. The lowest BCUT2D eigenvalue weighted by Gasteiger charge is -2.35. The minimum Gasteiger partial charge on any atom is -0.497 e. The molecule has 2 unspecified atom stereocenters. The van der Waals surface area contributed by atoms with Crippen LogP contribution in [0.2, 0.25) is 0 Å². The molecule has 2 aromatic rings. The first-order valence-electron chi connectivity index (χ1n) is 14.2. The van der Waals surface area contributed by atoms with Crippen LogP contribution >= 0.6 is 0 Å². The molecule has 0 saturated heterocycles. The van der Waals surface area contributed by atoms with E-state index in [0.717, 1.165) is 48.8 Å². The normalized spacial score (nSPS) is 12.7. The second-order valence-electron chi connectivity index (χ2n) is 11.2. The number of hydrogen-bond acceptors (Lipinski definition) is 5. The van der Waals surface area contributed by atoms with Crippen LogP contribution in [0.4, 0.5) is 10.5 Å². The van der Waals surface area contributed by atoms with E-state index in [1.807, 2.05) is 32.0 Å². The summed E-state index contributed by atoms with van der Waals surface area (Å²) in [5.41, 5.74) is 2.49. The van der Waals surface area contributed by atoms with Crippen molar-refractivity contribution in [2.45, 2.75) is 98.3 Å². The van der Waals surface area contributed by atoms with Crippen LogP contribution in [0.1, 0.15) is 89.5 Å². The number of benzene rings is 2. The number of carbonyl (C=O) groups is 3. The molecule has 0 fully saturated rings. The number of amides is 3. The van der Waals surface area contributed by atoms with E-state index in [1.165, 1.54) is 0 Å². The van der Waals surface area contributed by atoms with E-state index in [-0.39, 0.29) is 11.8 Å². The van der Waals surface area contributed by atoms with Crippen LogP contribution in [0.15, 0.2) is 42.5 Å². The minimum absolute atomic E-state index is 0.325. The first-order chi connectivity index (χ1) is 18.9. The molecule has 40 heavy (non-hydrogen) atoms. The lowest BCUT2D eigenvalue weighted by atomic mass is 9.93. The molecule has 2 N–H and O–H groups in total. The van der Waals surface area contributed by atoms with Gasteiger partial charge in [-0.2, -0.15) is 0 Å². The molecule has 0 aliphatic rings. The first-order valence-corrected chi connectivity index (χ1v) is 14.2. The Morgan fingerprint density at radius 2 is 1.52 bits per heavy atom. The lowest BCUT2D eigenvalue weighted by Crippen LogP contribution is -2.51. The van der Waals surface area contributed by atoms with Gasteiger partial charge in [-0.05, 0) is 88.9 Å². The molecule has 0 aliphatic carbocycles. The summed E-state index contributed by atoms with van der Waals surface area (Å²) in [6.45, 7) is 13.3. The van der Waals surface area contributed by atoms with Gasteiger partial charge in [-0.3, -0.25) is 9.59 Å². The van der Waals surface area contributed by atoms with Crippen molar-refractivity contribution in [3.05, 3.63) is 59.2 Å². The van der Waals surface area contributed by atoms with Crippen molar-refractivity contribution in [1.82, 2.24) is 10.2 Å². The number of unbranched alkanes of at least 4 members (excludes halogenated alkanes) is 4. The van der Waals surface area contributed by atoms with E-state index in [9.17, 15) is 14.4 Å². The fourth-order valence-corrected chi connectivity index (χ4v) is 4.62. The van der Waals surface area contributed by atoms with Gasteiger partial charge in [0, 0.05) is 12.2 Å². The third kappa shape index (κ3) is 9.88. The molecular weight excluding hydrogens is 506 g/mol. The van der Waals surface area contributed by atoms with Crippen LogP contribution in [-0.2, 0) is 14.3 Å². The van der Waals surface area contributed by atoms with Crippen LogP contribution in [0.5, 0.6) is 5.75 Å². The van der Waals surface area contributed by atoms with E-state index < -0.39 is 23.8 Å². The average molecular weight is 554 g/mol. The van der Waals surface area contributed by atoms with Gasteiger partial charge < -0.3 is 25.0 Å². The summed E-state index contributed by atoms with van der Waals surface area (Å²) in [6.07, 6.45) is 4.27. The smallest absolute Gasteiger partial charge is 0.408 e. The molecule has 0 radical (unpaired) electrons. The van der Waals surface area contributed by atoms with Crippen molar-refractivity contribution in [3.63, 3.8) is 0 Å². The fourth-order valence-electron chi connectivity index (χ4n) is 4.62. The molecule has 8 heteroatoms. The summed E-state index contributed by atoms with van der Waals surface area (Å²) in [5.74, 6) is 0.00282. The molecule has 2 rings (SSSR count). The van der Waals surface area contributed by atoms with Gasteiger partial charge in [0.05, 0.1) is 7.11 Å². The zero-order valence-electron chi connectivity index (χ0n) is 25.4. The summed E-state index contributed by atoms with van der Waals surface area (Å²) < 4.78 is 10.6. The molecule has 2 aromatic carbocycles. The molecule has 3 amide bonds. The maximum Gasteiger partial charge on any atom is 0.408 e. The predicted molar refractivity (Wildman–Crippen MR) is 160 cm³/mol. The fraction of sp³-hybridized carbons (Fsp3) is 0.531. The van der Waals surface area contributed by atoms with Gasteiger partial charge >= 0.3 is 6.09 Å². The van der Waals surface area contributed by atoms with Crippen molar-refractivity contribution in [2.75, 3.05) is 19.0 Å². The number of nitrogens with zero attached hydrogens (tertiary/aromatic N) is 1. The van der Waals surface area contributed by atoms with Crippen molar-refractivity contribution < 1.29 is 23.9 Å². The van der Waals surface area contributed by atoms with Crippen molar-refractivity contribution in [2.24, 2.45) is 0 Å². The number of nitrogens with one attached hydrogen (secondary N) is 2. The van der Waals surface area contributed by atoms with Crippen LogP contribution in [-0.4, -0.2) is 48.1 Å². The van der Waals surface area contributed by atoms with Crippen molar-refractivity contribution in [1.29, 1.82) is 0 Å². The monoisotopic (exact) mass is 553 g/mol. The lowest BCUT2D eigenvalue weighted by molar-refractivity contribution is -0.140.